The Morgan fingerprint density at radius 2 is 1.00 bits per heavy atom. The van der Waals surface area contributed by atoms with Crippen molar-refractivity contribution in [2.45, 2.75) is 83.7 Å². The van der Waals surface area contributed by atoms with Crippen LogP contribution in [0, 0.1) is 19.8 Å². The molecule has 4 aliphatic rings. The molecule has 56 heavy (non-hydrogen) atoms. The zero-order valence-electron chi connectivity index (χ0n) is 34.5. The van der Waals surface area contributed by atoms with E-state index in [4.69, 9.17) is 0 Å². The second kappa shape index (κ2) is 14.6. The quantitative estimate of drug-likeness (QED) is 0.171. The smallest absolute Gasteiger partial charge is 1.00 e. The molecule has 0 spiro atoms. The fraction of sp³-hybridized carbons (Fsp3) is 0.264. The predicted octanol–water partition coefficient (Wildman–Crippen LogP) is 7.66. The van der Waals surface area contributed by atoms with E-state index in [1.54, 1.807) is 17.6 Å². The van der Waals surface area contributed by atoms with Crippen LogP contribution < -0.4 is 24.8 Å². The summed E-state index contributed by atoms with van der Waals surface area (Å²) < 4.78 is 3.68. The standard InChI is InChI=1S/C25H25.C15H14.C13H13.2ClH.Zr/c1-14-12-24(3,4)22-8-16-7-17-9-23-19(15(2)13-25(23,5)6)11-21(17)20(16)10-18(14)22;1-12-3-7-14(8-4-12)11-15-9-5-13(2)6-10-15;1-10-8-11(2)13(9-10)12-6-4-3-5-7-12;;;/h7-13H,1-6H3;3-10H,1-2H3;3-7,9-10H,1-2H3;2*1H;/q;;;;;+2/p-2. The van der Waals surface area contributed by atoms with E-state index in [0.717, 1.165) is 0 Å². The molecule has 282 valence electrons. The molecule has 3 heteroatoms. The molecule has 0 saturated carbocycles. The minimum atomic E-state index is -3.09. The summed E-state index contributed by atoms with van der Waals surface area (Å²) in [6, 6.07) is 40.8. The van der Waals surface area contributed by atoms with Gasteiger partial charge in [0.15, 0.2) is 0 Å². The second-order valence-corrected chi connectivity index (χ2v) is 23.8. The minimum absolute atomic E-state index is 0. The third kappa shape index (κ3) is 6.42. The summed E-state index contributed by atoms with van der Waals surface area (Å²) in [6.07, 6.45) is 7.59. The topological polar surface area (TPSA) is 0 Å². The summed E-state index contributed by atoms with van der Waals surface area (Å²) in [5, 5.41) is 0. The molecule has 0 nitrogen and oxygen atoms in total. The van der Waals surface area contributed by atoms with Gasteiger partial charge in [0.2, 0.25) is 0 Å². The van der Waals surface area contributed by atoms with Crippen LogP contribution in [0.1, 0.15) is 120 Å². The molecule has 1 atom stereocenters. The van der Waals surface area contributed by atoms with Gasteiger partial charge in [-0.15, -0.1) is 0 Å². The number of fused-ring (bicyclic) bond motifs is 5. The first-order valence-corrected chi connectivity index (χ1v) is 23.7. The van der Waals surface area contributed by atoms with Crippen LogP contribution in [0.2, 0.25) is 0 Å². The first-order valence-electron chi connectivity index (χ1n) is 19.9. The van der Waals surface area contributed by atoms with Crippen molar-refractivity contribution in [3.63, 3.8) is 0 Å². The van der Waals surface area contributed by atoms with Gasteiger partial charge in [0.05, 0.1) is 0 Å². The van der Waals surface area contributed by atoms with Crippen molar-refractivity contribution in [1.82, 2.24) is 0 Å². The van der Waals surface area contributed by atoms with Crippen LogP contribution in [0.3, 0.4) is 0 Å². The van der Waals surface area contributed by atoms with E-state index >= 15 is 0 Å². The maximum atomic E-state index is 2.69. The van der Waals surface area contributed by atoms with Gasteiger partial charge < -0.3 is 24.8 Å². The number of hydrogen-bond acceptors (Lipinski definition) is 0. The third-order valence-electron chi connectivity index (χ3n) is 13.0. The Kier molecular flexibility index (Phi) is 10.6. The zero-order chi connectivity index (χ0) is 37.8. The average Bonchev–Trinajstić information content (AvgIpc) is 3.77. The van der Waals surface area contributed by atoms with Gasteiger partial charge in [-0.1, -0.05) is 0 Å². The summed E-state index contributed by atoms with van der Waals surface area (Å²) in [7, 11) is 0. The van der Waals surface area contributed by atoms with Crippen molar-refractivity contribution in [3.8, 4) is 11.1 Å². The number of aryl methyl sites for hydroxylation is 2. The van der Waals surface area contributed by atoms with Crippen LogP contribution >= 0.6 is 0 Å². The van der Waals surface area contributed by atoms with Crippen molar-refractivity contribution in [3.05, 3.63) is 191 Å². The third-order valence-corrected chi connectivity index (χ3v) is 22.1. The van der Waals surface area contributed by atoms with Crippen LogP contribution in [0.25, 0.3) is 27.8 Å². The molecule has 0 saturated heterocycles. The van der Waals surface area contributed by atoms with Gasteiger partial charge in [0.1, 0.15) is 0 Å². The monoisotopic (exact) mass is 848 g/mol. The molecule has 5 aromatic carbocycles. The molecule has 0 aromatic heterocycles. The molecular formula is C53H52Cl2Zr. The normalized spacial score (nSPS) is 18.0. The summed E-state index contributed by atoms with van der Waals surface area (Å²) >= 11 is -3.09. The zero-order valence-corrected chi connectivity index (χ0v) is 38.4. The largest absolute Gasteiger partial charge is 1.00 e. The maximum Gasteiger partial charge on any atom is -1.00 e. The second-order valence-electron chi connectivity index (χ2n) is 17.8. The first-order chi connectivity index (χ1) is 25.7. The number of rotatable bonds is 5. The summed E-state index contributed by atoms with van der Waals surface area (Å²) in [5.41, 5.74) is 24.4. The molecule has 0 fully saturated rings. The summed E-state index contributed by atoms with van der Waals surface area (Å²) in [5.74, 6) is 0.359. The Labute approximate surface area is 355 Å². The number of hydrogen-bond donors (Lipinski definition) is 0. The fourth-order valence-corrected chi connectivity index (χ4v) is 20.4. The Bertz CT molecular complexity index is 2440. The molecule has 0 aliphatic heterocycles. The van der Waals surface area contributed by atoms with E-state index in [0.29, 0.717) is 9.54 Å². The molecular weight excluding hydrogens is 799 g/mol. The van der Waals surface area contributed by atoms with Gasteiger partial charge in [0, 0.05) is 0 Å². The van der Waals surface area contributed by atoms with Gasteiger partial charge >= 0.3 is 333 Å². The number of allylic oxidation sites excluding steroid dienone is 8. The minimum Gasteiger partial charge on any atom is -1.00 e. The van der Waals surface area contributed by atoms with E-state index in [-0.39, 0.29) is 35.6 Å². The van der Waals surface area contributed by atoms with Crippen LogP contribution in [0.15, 0.2) is 130 Å². The predicted molar refractivity (Wildman–Crippen MR) is 229 cm³/mol. The fourth-order valence-electron chi connectivity index (χ4n) is 10.4. The molecule has 0 amide bonds. The van der Waals surface area contributed by atoms with E-state index < -0.39 is 21.3 Å². The molecule has 5 aromatic rings. The molecule has 9 rings (SSSR count). The van der Waals surface area contributed by atoms with E-state index in [9.17, 15) is 0 Å². The van der Waals surface area contributed by atoms with Crippen molar-refractivity contribution < 1.29 is 46.1 Å². The van der Waals surface area contributed by atoms with E-state index in [2.05, 4.69) is 191 Å². The first kappa shape index (κ1) is 40.6. The average molecular weight is 851 g/mol. The van der Waals surface area contributed by atoms with Crippen LogP contribution in [-0.4, -0.2) is 3.21 Å². The molecule has 0 bridgehead atoms. The Balaban J connectivity index is 0.00000240. The summed E-state index contributed by atoms with van der Waals surface area (Å²) in [6.45, 7) is 23.7. The van der Waals surface area contributed by atoms with Gasteiger partial charge in [-0.2, -0.15) is 0 Å². The Morgan fingerprint density at radius 3 is 1.45 bits per heavy atom. The molecule has 0 N–H and O–H groups in total. The maximum absolute atomic E-state index is 3.09. The molecule has 4 aliphatic carbocycles. The molecule has 0 radical (unpaired) electrons. The number of halogens is 2. The summed E-state index contributed by atoms with van der Waals surface area (Å²) in [4.78, 5) is 0. The van der Waals surface area contributed by atoms with Crippen LogP contribution in [-0.2, 0) is 32.1 Å². The van der Waals surface area contributed by atoms with Gasteiger partial charge in [-0.25, -0.2) is 0 Å². The van der Waals surface area contributed by atoms with Crippen molar-refractivity contribution >= 4 is 19.9 Å². The SMILES string of the molecule is CC1=CC(C)(C)c2cc3c(cc21)-c1cc2c(cc1[CH]3[Zr+2]([C]1=C(C)C(c3ccccc3)=CC1C)=[C](c1ccc(C)cc1)c1ccc(C)cc1)C(C)(C)C=C2C.[Cl-].[Cl-]. The van der Waals surface area contributed by atoms with Gasteiger partial charge in [0.25, 0.3) is 0 Å². The van der Waals surface area contributed by atoms with Crippen molar-refractivity contribution in [2.24, 2.45) is 5.92 Å². The molecule has 1 unspecified atom stereocenters. The number of benzene rings is 5. The Hall–Kier alpha value is -3.61. The van der Waals surface area contributed by atoms with Crippen LogP contribution in [0.4, 0.5) is 0 Å². The molecule has 0 heterocycles. The van der Waals surface area contributed by atoms with Crippen molar-refractivity contribution in [2.75, 3.05) is 0 Å². The van der Waals surface area contributed by atoms with Crippen molar-refractivity contribution in [1.29, 1.82) is 0 Å². The van der Waals surface area contributed by atoms with Crippen LogP contribution in [0.5, 0.6) is 0 Å². The van der Waals surface area contributed by atoms with Gasteiger partial charge in [-0.3, -0.25) is 0 Å². The van der Waals surface area contributed by atoms with Gasteiger partial charge in [-0.05, 0) is 0 Å². The van der Waals surface area contributed by atoms with E-state index in [1.165, 1.54) is 83.5 Å². The Morgan fingerprint density at radius 1 is 0.554 bits per heavy atom. The van der Waals surface area contributed by atoms with E-state index in [1.807, 2.05) is 0 Å².